The zero-order chi connectivity index (χ0) is 29.6. The van der Waals surface area contributed by atoms with E-state index in [0.717, 1.165) is 61.3 Å². The number of aromatic nitrogens is 1. The van der Waals surface area contributed by atoms with Crippen molar-refractivity contribution in [2.45, 2.75) is 142 Å². The van der Waals surface area contributed by atoms with Gasteiger partial charge in [-0.25, -0.2) is 0 Å². The number of esters is 1. The van der Waals surface area contributed by atoms with Crippen molar-refractivity contribution >= 4 is 5.97 Å². The molecule has 2 aromatic rings. The van der Waals surface area contributed by atoms with Crippen molar-refractivity contribution in [3.05, 3.63) is 41.7 Å². The number of fused-ring (bicyclic) bond motifs is 3. The first-order valence-corrected chi connectivity index (χ1v) is 17.2. The molecule has 0 radical (unpaired) electrons. The molecule has 5 heteroatoms. The Morgan fingerprint density at radius 1 is 0.905 bits per heavy atom. The second-order valence-corrected chi connectivity index (χ2v) is 13.1. The molecule has 4 rings (SSSR count). The van der Waals surface area contributed by atoms with Crippen LogP contribution in [0.5, 0.6) is 11.5 Å². The lowest BCUT2D eigenvalue weighted by atomic mass is 9.86. The summed E-state index contributed by atoms with van der Waals surface area (Å²) in [6, 6.07) is 6.26. The zero-order valence-corrected chi connectivity index (χ0v) is 26.9. The fourth-order valence-corrected chi connectivity index (χ4v) is 6.64. The van der Waals surface area contributed by atoms with Gasteiger partial charge in [0.2, 0.25) is 0 Å². The number of carbonyl (C=O) groups excluding carboxylic acids is 1. The van der Waals surface area contributed by atoms with Crippen LogP contribution in [0.4, 0.5) is 0 Å². The minimum absolute atomic E-state index is 0.160. The lowest BCUT2D eigenvalue weighted by molar-refractivity contribution is -0.134. The number of ether oxygens (including phenoxy) is 2. The first kappa shape index (κ1) is 32.5. The molecule has 0 unspecified atom stereocenters. The Hall–Kier alpha value is -2.40. The number of hydrogen-bond acceptors (Lipinski definition) is 5. The Morgan fingerprint density at radius 2 is 1.57 bits per heavy atom. The number of carbonyl (C=O) groups is 1. The molecular formula is C37H56N2O3. The zero-order valence-electron chi connectivity index (χ0n) is 26.9. The van der Waals surface area contributed by atoms with Gasteiger partial charge in [0, 0.05) is 29.9 Å². The van der Waals surface area contributed by atoms with Crippen LogP contribution < -0.4 is 9.47 Å². The van der Waals surface area contributed by atoms with E-state index in [9.17, 15) is 4.79 Å². The monoisotopic (exact) mass is 576 g/mol. The summed E-state index contributed by atoms with van der Waals surface area (Å²) in [4.78, 5) is 20.0. The number of pyridine rings is 1. The van der Waals surface area contributed by atoms with Crippen molar-refractivity contribution in [3.63, 3.8) is 0 Å². The highest BCUT2D eigenvalue weighted by Gasteiger charge is 2.35. The maximum Gasteiger partial charge on any atom is 0.311 e. The SMILES string of the molecule is CCCCCCCCCCCCCCc1cc(OC(=O)CCCN2CCCCC2)c2c(c1)OC(C)(C)c1ccncc1-2. The van der Waals surface area contributed by atoms with Crippen LogP contribution in [-0.2, 0) is 16.8 Å². The number of nitrogens with zero attached hydrogens (tertiary/aromatic N) is 2. The predicted molar refractivity (Wildman–Crippen MR) is 173 cm³/mol. The van der Waals surface area contributed by atoms with Crippen molar-refractivity contribution in [1.29, 1.82) is 0 Å². The van der Waals surface area contributed by atoms with Gasteiger partial charge in [-0.3, -0.25) is 9.78 Å². The fraction of sp³-hybridized carbons (Fsp3) is 0.676. The largest absolute Gasteiger partial charge is 0.482 e. The van der Waals surface area contributed by atoms with E-state index < -0.39 is 5.60 Å². The van der Waals surface area contributed by atoms with Gasteiger partial charge in [0.25, 0.3) is 0 Å². The highest BCUT2D eigenvalue weighted by atomic mass is 16.5. The molecule has 1 aromatic heterocycles. The molecule has 2 aliphatic heterocycles. The van der Waals surface area contributed by atoms with Gasteiger partial charge in [0.05, 0.1) is 5.56 Å². The van der Waals surface area contributed by atoms with E-state index in [2.05, 4.69) is 42.8 Å². The molecule has 2 aliphatic rings. The molecule has 0 aliphatic carbocycles. The third kappa shape index (κ3) is 9.82. The molecular weight excluding hydrogens is 520 g/mol. The third-order valence-corrected chi connectivity index (χ3v) is 9.08. The highest BCUT2D eigenvalue weighted by molar-refractivity contribution is 5.84. The van der Waals surface area contributed by atoms with E-state index in [1.807, 2.05) is 18.5 Å². The standard InChI is InChI=1S/C37H56N2O3/c1-4-5-6-7-8-9-10-11-12-13-14-16-20-30-27-33(41-35(40)21-19-26-39-24-17-15-18-25-39)36-31-29-38-23-22-32(31)37(2,3)42-34(36)28-30/h22-23,27-29H,4-21,24-26H2,1-3H3. The first-order valence-electron chi connectivity index (χ1n) is 17.2. The van der Waals surface area contributed by atoms with Gasteiger partial charge in [-0.15, -0.1) is 0 Å². The van der Waals surface area contributed by atoms with Crippen molar-refractivity contribution in [1.82, 2.24) is 9.88 Å². The number of hydrogen-bond donors (Lipinski definition) is 0. The normalized spacial score (nSPS) is 16.0. The average Bonchev–Trinajstić information content (AvgIpc) is 2.98. The van der Waals surface area contributed by atoms with Crippen LogP contribution in [-0.4, -0.2) is 35.5 Å². The number of piperidine rings is 1. The minimum atomic E-state index is -0.477. The Kier molecular flexibility index (Phi) is 13.2. The lowest BCUT2D eigenvalue weighted by Crippen LogP contribution is -2.31. The first-order chi connectivity index (χ1) is 20.5. The minimum Gasteiger partial charge on any atom is -0.482 e. The summed E-state index contributed by atoms with van der Waals surface area (Å²) in [6.45, 7) is 9.75. The van der Waals surface area contributed by atoms with Gasteiger partial charge in [-0.05, 0) is 89.3 Å². The van der Waals surface area contributed by atoms with Crippen LogP contribution in [0.1, 0.15) is 141 Å². The van der Waals surface area contributed by atoms with Crippen molar-refractivity contribution in [2.24, 2.45) is 0 Å². The van der Waals surface area contributed by atoms with Gasteiger partial charge < -0.3 is 14.4 Å². The number of rotatable bonds is 18. The highest BCUT2D eigenvalue weighted by Crippen LogP contribution is 2.49. The van der Waals surface area contributed by atoms with Gasteiger partial charge in [0.1, 0.15) is 17.1 Å². The summed E-state index contributed by atoms with van der Waals surface area (Å²) in [5.74, 6) is 1.26. The van der Waals surface area contributed by atoms with E-state index in [-0.39, 0.29) is 5.97 Å². The van der Waals surface area contributed by atoms with Gasteiger partial charge in [-0.2, -0.15) is 0 Å². The van der Waals surface area contributed by atoms with Crippen LogP contribution in [0.15, 0.2) is 30.6 Å². The van der Waals surface area contributed by atoms with Crippen molar-refractivity contribution in [2.75, 3.05) is 19.6 Å². The Bertz CT molecular complexity index is 1110. The Morgan fingerprint density at radius 3 is 2.26 bits per heavy atom. The Balaban J connectivity index is 1.33. The average molecular weight is 577 g/mol. The number of benzene rings is 1. The van der Waals surface area contributed by atoms with Crippen molar-refractivity contribution < 1.29 is 14.3 Å². The van der Waals surface area contributed by atoms with Crippen LogP contribution in [0.25, 0.3) is 11.1 Å². The molecule has 0 saturated carbocycles. The van der Waals surface area contributed by atoms with E-state index in [1.54, 1.807) is 0 Å². The summed E-state index contributed by atoms with van der Waals surface area (Å²) < 4.78 is 12.7. The topological polar surface area (TPSA) is 51.7 Å². The lowest BCUT2D eigenvalue weighted by Gasteiger charge is -2.35. The maximum atomic E-state index is 13.1. The van der Waals surface area contributed by atoms with Crippen LogP contribution in [0.2, 0.25) is 0 Å². The molecule has 1 fully saturated rings. The van der Waals surface area contributed by atoms with E-state index in [0.29, 0.717) is 12.2 Å². The van der Waals surface area contributed by atoms with E-state index in [4.69, 9.17) is 9.47 Å². The van der Waals surface area contributed by atoms with Crippen LogP contribution in [0, 0.1) is 0 Å². The molecule has 0 spiro atoms. The number of likely N-dealkylation sites (tertiary alicyclic amines) is 1. The van der Waals surface area contributed by atoms with Gasteiger partial charge >= 0.3 is 5.97 Å². The van der Waals surface area contributed by atoms with Crippen molar-refractivity contribution in [3.8, 4) is 22.6 Å². The molecule has 1 aromatic carbocycles. The second kappa shape index (κ2) is 17.0. The molecule has 0 bridgehead atoms. The smallest absolute Gasteiger partial charge is 0.311 e. The van der Waals surface area contributed by atoms with Gasteiger partial charge in [-0.1, -0.05) is 84.0 Å². The van der Waals surface area contributed by atoms with Crippen LogP contribution >= 0.6 is 0 Å². The summed E-state index contributed by atoms with van der Waals surface area (Å²) in [7, 11) is 0. The van der Waals surface area contributed by atoms with Gasteiger partial charge in [0.15, 0.2) is 0 Å². The molecule has 1 saturated heterocycles. The molecule has 42 heavy (non-hydrogen) atoms. The van der Waals surface area contributed by atoms with E-state index >= 15 is 0 Å². The summed E-state index contributed by atoms with van der Waals surface area (Å²) >= 11 is 0. The predicted octanol–water partition coefficient (Wildman–Crippen LogP) is 9.79. The number of unbranched alkanes of at least 4 members (excludes halogenated alkanes) is 11. The summed E-state index contributed by atoms with van der Waals surface area (Å²) in [6.07, 6.45) is 25.9. The summed E-state index contributed by atoms with van der Waals surface area (Å²) in [5.41, 5.74) is 3.63. The fourth-order valence-electron chi connectivity index (χ4n) is 6.64. The molecule has 0 amide bonds. The summed E-state index contributed by atoms with van der Waals surface area (Å²) in [5, 5.41) is 0. The Labute approximate surface area is 255 Å². The molecule has 3 heterocycles. The van der Waals surface area contributed by atoms with E-state index in [1.165, 1.54) is 95.5 Å². The third-order valence-electron chi connectivity index (χ3n) is 9.08. The molecule has 5 nitrogen and oxygen atoms in total. The second-order valence-electron chi connectivity index (χ2n) is 13.1. The molecule has 0 atom stereocenters. The van der Waals surface area contributed by atoms with Crippen LogP contribution in [0.3, 0.4) is 0 Å². The molecule has 0 N–H and O–H groups in total. The number of aryl methyl sites for hydroxylation is 1. The molecule has 232 valence electrons. The quantitative estimate of drug-likeness (QED) is 0.100. The maximum absolute atomic E-state index is 13.1.